The molecule has 1 aromatic rings. The van der Waals surface area contributed by atoms with Gasteiger partial charge < -0.3 is 5.11 Å². The van der Waals surface area contributed by atoms with Crippen LogP contribution in [0.4, 0.5) is 0 Å². The van der Waals surface area contributed by atoms with E-state index in [0.717, 1.165) is 0 Å². The van der Waals surface area contributed by atoms with Crippen LogP contribution in [0.3, 0.4) is 0 Å². The van der Waals surface area contributed by atoms with Crippen LogP contribution >= 0.6 is 0 Å². The summed E-state index contributed by atoms with van der Waals surface area (Å²) in [6.45, 7) is 0. The number of carbonyl (C=O) groups excluding carboxylic acids is 1. The molecule has 0 amide bonds. The quantitative estimate of drug-likeness (QED) is 0.349. The molecule has 0 aliphatic rings. The van der Waals surface area contributed by atoms with Gasteiger partial charge in [0.2, 0.25) is 0 Å². The SMILES string of the molecule is O=C/C(=C\[O-])c1ccccc1. The Hall–Kier alpha value is -1.57. The Bertz CT molecular complexity index is 262. The van der Waals surface area contributed by atoms with Crippen molar-refractivity contribution in [2.45, 2.75) is 0 Å². The van der Waals surface area contributed by atoms with Gasteiger partial charge in [-0.3, -0.25) is 4.79 Å². The third-order valence-electron chi connectivity index (χ3n) is 1.36. The zero-order valence-corrected chi connectivity index (χ0v) is 5.86. The summed E-state index contributed by atoms with van der Waals surface area (Å²) in [4.78, 5) is 10.3. The molecule has 0 heterocycles. The Labute approximate surface area is 64.8 Å². The van der Waals surface area contributed by atoms with E-state index in [1.165, 1.54) is 0 Å². The van der Waals surface area contributed by atoms with E-state index in [-0.39, 0.29) is 5.57 Å². The van der Waals surface area contributed by atoms with Crippen LogP contribution in [-0.2, 0) is 4.79 Å². The first-order valence-corrected chi connectivity index (χ1v) is 3.21. The summed E-state index contributed by atoms with van der Waals surface area (Å²) >= 11 is 0. The van der Waals surface area contributed by atoms with Gasteiger partial charge in [-0.05, 0) is 5.56 Å². The fourth-order valence-corrected chi connectivity index (χ4v) is 0.794. The van der Waals surface area contributed by atoms with Crippen molar-refractivity contribution < 1.29 is 9.90 Å². The smallest absolute Gasteiger partial charge is 0.149 e. The summed E-state index contributed by atoms with van der Waals surface area (Å²) in [5.74, 6) is 0. The molecule has 0 bridgehead atoms. The molecule has 0 aliphatic carbocycles. The lowest BCUT2D eigenvalue weighted by Crippen LogP contribution is -1.93. The molecule has 0 N–H and O–H groups in total. The van der Waals surface area contributed by atoms with Crippen LogP contribution in [0.15, 0.2) is 36.6 Å². The number of hydrogen-bond acceptors (Lipinski definition) is 2. The minimum atomic E-state index is 0.186. The molecule has 0 saturated carbocycles. The maximum Gasteiger partial charge on any atom is 0.149 e. The lowest BCUT2D eigenvalue weighted by Gasteiger charge is -2.00. The molecule has 0 aromatic heterocycles. The molecule has 1 rings (SSSR count). The topological polar surface area (TPSA) is 40.1 Å². The fourth-order valence-electron chi connectivity index (χ4n) is 0.794. The Morgan fingerprint density at radius 1 is 1.27 bits per heavy atom. The highest BCUT2D eigenvalue weighted by Gasteiger charge is 1.93. The maximum absolute atomic E-state index is 10.3. The Kier molecular flexibility index (Phi) is 2.44. The molecular weight excluding hydrogens is 140 g/mol. The van der Waals surface area contributed by atoms with Crippen molar-refractivity contribution in [2.75, 3.05) is 0 Å². The molecule has 2 nitrogen and oxygen atoms in total. The number of aldehydes is 1. The normalized spacial score (nSPS) is 11.1. The van der Waals surface area contributed by atoms with Crippen LogP contribution < -0.4 is 5.11 Å². The molecule has 0 spiro atoms. The molecule has 1 aromatic carbocycles. The average Bonchev–Trinajstić information content (AvgIpc) is 2.09. The molecule has 11 heavy (non-hydrogen) atoms. The average molecular weight is 147 g/mol. The number of allylic oxidation sites excluding steroid dienone is 1. The van der Waals surface area contributed by atoms with Gasteiger partial charge in [0, 0.05) is 5.57 Å². The summed E-state index contributed by atoms with van der Waals surface area (Å²) in [6.07, 6.45) is 1.12. The fraction of sp³-hybridized carbons (Fsp3) is 0. The lowest BCUT2D eigenvalue weighted by atomic mass is 10.1. The highest BCUT2D eigenvalue weighted by molar-refractivity contribution is 6.06. The number of hydrogen-bond donors (Lipinski definition) is 0. The van der Waals surface area contributed by atoms with Crippen molar-refractivity contribution in [2.24, 2.45) is 0 Å². The van der Waals surface area contributed by atoms with Gasteiger partial charge in [-0.2, -0.15) is 0 Å². The van der Waals surface area contributed by atoms with E-state index in [1.54, 1.807) is 24.3 Å². The predicted molar refractivity (Wildman–Crippen MR) is 40.5 cm³/mol. The number of carbonyl (C=O) groups is 1. The molecule has 0 saturated heterocycles. The third-order valence-corrected chi connectivity index (χ3v) is 1.36. The number of benzene rings is 1. The van der Waals surface area contributed by atoms with Gasteiger partial charge in [-0.25, -0.2) is 0 Å². The van der Waals surface area contributed by atoms with Crippen LogP contribution in [0, 0.1) is 0 Å². The van der Waals surface area contributed by atoms with Gasteiger partial charge >= 0.3 is 0 Å². The molecule has 0 unspecified atom stereocenters. The lowest BCUT2D eigenvalue weighted by molar-refractivity contribution is -0.273. The Balaban J connectivity index is 3.01. The van der Waals surface area contributed by atoms with Crippen molar-refractivity contribution in [3.8, 4) is 0 Å². The Morgan fingerprint density at radius 3 is 2.36 bits per heavy atom. The second-order valence-electron chi connectivity index (χ2n) is 2.06. The second kappa shape index (κ2) is 3.56. The van der Waals surface area contributed by atoms with Crippen molar-refractivity contribution >= 4 is 11.9 Å². The van der Waals surface area contributed by atoms with Crippen LogP contribution in [0.1, 0.15) is 5.56 Å². The highest BCUT2D eigenvalue weighted by Crippen LogP contribution is 2.08. The summed E-state index contributed by atoms with van der Waals surface area (Å²) in [7, 11) is 0. The van der Waals surface area contributed by atoms with Crippen LogP contribution in [0.2, 0.25) is 0 Å². The summed E-state index contributed by atoms with van der Waals surface area (Å²) < 4.78 is 0. The predicted octanol–water partition coefficient (Wildman–Crippen LogP) is 0.587. The van der Waals surface area contributed by atoms with E-state index in [1.807, 2.05) is 6.07 Å². The molecule has 56 valence electrons. The molecule has 0 radical (unpaired) electrons. The first-order chi connectivity index (χ1) is 5.38. The molecule has 2 heteroatoms. The summed E-state index contributed by atoms with van der Waals surface area (Å²) in [5.41, 5.74) is 0.850. The van der Waals surface area contributed by atoms with Gasteiger partial charge in [0.05, 0.1) is 0 Å². The van der Waals surface area contributed by atoms with Gasteiger partial charge in [0.1, 0.15) is 6.29 Å². The molecule has 0 aliphatic heterocycles. The minimum absolute atomic E-state index is 0.186. The van der Waals surface area contributed by atoms with E-state index in [9.17, 15) is 9.90 Å². The van der Waals surface area contributed by atoms with Crippen molar-refractivity contribution in [3.05, 3.63) is 42.2 Å². The van der Waals surface area contributed by atoms with E-state index in [0.29, 0.717) is 18.1 Å². The van der Waals surface area contributed by atoms with Crippen LogP contribution in [0.25, 0.3) is 5.57 Å². The zero-order valence-electron chi connectivity index (χ0n) is 5.86. The monoisotopic (exact) mass is 147 g/mol. The van der Waals surface area contributed by atoms with Crippen LogP contribution in [-0.4, -0.2) is 6.29 Å². The van der Waals surface area contributed by atoms with E-state index in [4.69, 9.17) is 0 Å². The Morgan fingerprint density at radius 2 is 1.91 bits per heavy atom. The second-order valence-corrected chi connectivity index (χ2v) is 2.06. The van der Waals surface area contributed by atoms with Gasteiger partial charge in [0.15, 0.2) is 0 Å². The number of rotatable bonds is 2. The van der Waals surface area contributed by atoms with Gasteiger partial charge in [-0.1, -0.05) is 30.3 Å². The highest BCUT2D eigenvalue weighted by atomic mass is 16.2. The zero-order chi connectivity index (χ0) is 8.10. The summed E-state index contributed by atoms with van der Waals surface area (Å²) in [5, 5.41) is 10.3. The van der Waals surface area contributed by atoms with E-state index < -0.39 is 0 Å². The van der Waals surface area contributed by atoms with Crippen molar-refractivity contribution in [3.63, 3.8) is 0 Å². The largest absolute Gasteiger partial charge is 0.877 e. The maximum atomic E-state index is 10.3. The standard InChI is InChI=1S/C9H8O2/c10-6-9(7-11)8-4-2-1-3-5-8/h1-7,10H/p-1/b9-6+. The van der Waals surface area contributed by atoms with Crippen molar-refractivity contribution in [1.82, 2.24) is 0 Å². The molecule has 0 fully saturated rings. The van der Waals surface area contributed by atoms with Crippen molar-refractivity contribution in [1.29, 1.82) is 0 Å². The van der Waals surface area contributed by atoms with E-state index >= 15 is 0 Å². The van der Waals surface area contributed by atoms with E-state index in [2.05, 4.69) is 0 Å². The first-order valence-electron chi connectivity index (χ1n) is 3.21. The third kappa shape index (κ3) is 1.67. The minimum Gasteiger partial charge on any atom is -0.877 e. The summed E-state index contributed by atoms with van der Waals surface area (Å²) in [6, 6.07) is 8.83. The molecule has 0 atom stereocenters. The molecular formula is C9H7O2-. The van der Waals surface area contributed by atoms with Gasteiger partial charge in [-0.15, -0.1) is 6.26 Å². The van der Waals surface area contributed by atoms with Gasteiger partial charge in [0.25, 0.3) is 0 Å². The van der Waals surface area contributed by atoms with Crippen LogP contribution in [0.5, 0.6) is 0 Å². The first kappa shape index (κ1) is 7.54.